The number of hydrogen-bond acceptors (Lipinski definition) is 5. The molecule has 0 aliphatic carbocycles. The maximum atomic E-state index is 13.0. The summed E-state index contributed by atoms with van der Waals surface area (Å²) in [6, 6.07) is 2.59. The van der Waals surface area contributed by atoms with Gasteiger partial charge in [-0.2, -0.15) is 0 Å². The Bertz CT molecular complexity index is 452. The molecule has 1 aromatic carbocycles. The third-order valence-electron chi connectivity index (χ3n) is 1.95. The Hall–Kier alpha value is -2.06. The predicted octanol–water partition coefficient (Wildman–Crippen LogP) is 1.04. The zero-order valence-electron chi connectivity index (χ0n) is 9.51. The van der Waals surface area contributed by atoms with E-state index >= 15 is 0 Å². The van der Waals surface area contributed by atoms with Gasteiger partial charge in [-0.3, -0.25) is 19.7 Å². The molecule has 1 rings (SSSR count). The van der Waals surface area contributed by atoms with E-state index < -0.39 is 27.9 Å². The number of nitro groups is 1. The molecule has 8 heteroatoms. The van der Waals surface area contributed by atoms with Crippen molar-refractivity contribution in [3.63, 3.8) is 0 Å². The SMILES string of the molecule is COCCONC(=O)c1cc(F)ccc1[N+](=O)[O-]. The van der Waals surface area contributed by atoms with Crippen molar-refractivity contribution in [3.8, 4) is 0 Å². The van der Waals surface area contributed by atoms with Crippen LogP contribution in [0.2, 0.25) is 0 Å². The van der Waals surface area contributed by atoms with Crippen LogP contribution < -0.4 is 5.48 Å². The van der Waals surface area contributed by atoms with E-state index in [4.69, 9.17) is 4.84 Å². The number of carbonyl (C=O) groups excluding carboxylic acids is 1. The zero-order valence-corrected chi connectivity index (χ0v) is 9.51. The Kier molecular flexibility index (Phi) is 5.15. The number of carbonyl (C=O) groups is 1. The Labute approximate surface area is 102 Å². The lowest BCUT2D eigenvalue weighted by Crippen LogP contribution is -2.26. The predicted molar refractivity (Wildman–Crippen MR) is 58.3 cm³/mol. The summed E-state index contributed by atoms with van der Waals surface area (Å²) >= 11 is 0. The normalized spacial score (nSPS) is 10.1. The molecular formula is C10H11FN2O5. The van der Waals surface area contributed by atoms with Crippen LogP contribution in [-0.4, -0.2) is 31.2 Å². The van der Waals surface area contributed by atoms with Crippen molar-refractivity contribution in [2.24, 2.45) is 0 Å². The second-order valence-corrected chi connectivity index (χ2v) is 3.19. The van der Waals surface area contributed by atoms with Crippen molar-refractivity contribution in [2.45, 2.75) is 0 Å². The van der Waals surface area contributed by atoms with Crippen LogP contribution in [0.4, 0.5) is 10.1 Å². The molecule has 0 heterocycles. The van der Waals surface area contributed by atoms with Gasteiger partial charge in [0.2, 0.25) is 0 Å². The number of rotatable bonds is 6. The number of benzene rings is 1. The minimum Gasteiger partial charge on any atom is -0.382 e. The molecule has 0 radical (unpaired) electrons. The van der Waals surface area contributed by atoms with Crippen LogP contribution >= 0.6 is 0 Å². The summed E-state index contributed by atoms with van der Waals surface area (Å²) in [5.74, 6) is -1.64. The number of nitrogens with one attached hydrogen (secondary N) is 1. The van der Waals surface area contributed by atoms with Crippen molar-refractivity contribution in [2.75, 3.05) is 20.3 Å². The number of halogens is 1. The fraction of sp³-hybridized carbons (Fsp3) is 0.300. The molecule has 0 unspecified atom stereocenters. The number of nitro benzene ring substituents is 1. The molecule has 0 fully saturated rings. The van der Waals surface area contributed by atoms with Crippen LogP contribution in [0.15, 0.2) is 18.2 Å². The number of hydroxylamine groups is 1. The molecule has 0 saturated carbocycles. The topological polar surface area (TPSA) is 90.7 Å². The average molecular weight is 258 g/mol. The second-order valence-electron chi connectivity index (χ2n) is 3.19. The van der Waals surface area contributed by atoms with Gasteiger partial charge in [0.15, 0.2) is 0 Å². The van der Waals surface area contributed by atoms with Gasteiger partial charge in [-0.25, -0.2) is 9.87 Å². The minimum absolute atomic E-state index is 0.0748. The van der Waals surface area contributed by atoms with Crippen LogP contribution in [0.3, 0.4) is 0 Å². The van der Waals surface area contributed by atoms with Gasteiger partial charge in [0.05, 0.1) is 18.1 Å². The summed E-state index contributed by atoms with van der Waals surface area (Å²) in [5.41, 5.74) is 1.06. The van der Waals surface area contributed by atoms with E-state index in [0.717, 1.165) is 18.2 Å². The third kappa shape index (κ3) is 3.75. The Morgan fingerprint density at radius 1 is 1.50 bits per heavy atom. The molecule has 1 N–H and O–H groups in total. The smallest absolute Gasteiger partial charge is 0.282 e. The molecule has 0 spiro atoms. The summed E-state index contributed by atoms with van der Waals surface area (Å²) in [6.45, 7) is 0.316. The van der Waals surface area contributed by atoms with Gasteiger partial charge in [0.25, 0.3) is 11.6 Å². The molecule has 1 amide bonds. The van der Waals surface area contributed by atoms with Crippen LogP contribution in [0, 0.1) is 15.9 Å². The van der Waals surface area contributed by atoms with Crippen molar-refractivity contribution in [1.82, 2.24) is 5.48 Å². The van der Waals surface area contributed by atoms with Gasteiger partial charge in [0, 0.05) is 13.2 Å². The number of methoxy groups -OCH3 is 1. The van der Waals surface area contributed by atoms with Gasteiger partial charge < -0.3 is 4.74 Å². The fourth-order valence-corrected chi connectivity index (χ4v) is 1.15. The lowest BCUT2D eigenvalue weighted by atomic mass is 10.1. The standard InChI is InChI=1S/C10H11FN2O5/c1-17-4-5-18-12-10(14)8-6-7(11)2-3-9(8)13(15)16/h2-3,6H,4-5H2,1H3,(H,12,14). The summed E-state index contributed by atoms with van der Waals surface area (Å²) in [4.78, 5) is 26.1. The first-order valence-electron chi connectivity index (χ1n) is 4.91. The van der Waals surface area contributed by atoms with Crippen LogP contribution in [-0.2, 0) is 9.57 Å². The number of amides is 1. The van der Waals surface area contributed by atoms with Gasteiger partial charge in [-0.1, -0.05) is 0 Å². The monoisotopic (exact) mass is 258 g/mol. The maximum absolute atomic E-state index is 13.0. The van der Waals surface area contributed by atoms with Gasteiger partial charge >= 0.3 is 0 Å². The second kappa shape index (κ2) is 6.62. The highest BCUT2D eigenvalue weighted by Gasteiger charge is 2.20. The van der Waals surface area contributed by atoms with Gasteiger partial charge in [0.1, 0.15) is 11.4 Å². The number of ether oxygens (including phenoxy) is 1. The van der Waals surface area contributed by atoms with Crippen LogP contribution in [0.25, 0.3) is 0 Å². The highest BCUT2D eigenvalue weighted by atomic mass is 19.1. The van der Waals surface area contributed by atoms with Crippen molar-refractivity contribution in [1.29, 1.82) is 0 Å². The Morgan fingerprint density at radius 3 is 2.83 bits per heavy atom. The van der Waals surface area contributed by atoms with Gasteiger partial charge in [-0.15, -0.1) is 0 Å². The Balaban J connectivity index is 2.77. The minimum atomic E-state index is -0.891. The maximum Gasteiger partial charge on any atom is 0.282 e. The molecular weight excluding hydrogens is 247 g/mol. The average Bonchev–Trinajstić information content (AvgIpc) is 2.34. The summed E-state index contributed by atoms with van der Waals surface area (Å²) in [6.07, 6.45) is 0. The molecule has 18 heavy (non-hydrogen) atoms. The molecule has 0 bridgehead atoms. The first kappa shape index (κ1) is 14.0. The van der Waals surface area contributed by atoms with Crippen molar-refractivity contribution >= 4 is 11.6 Å². The summed E-state index contributed by atoms with van der Waals surface area (Å²) < 4.78 is 17.6. The molecule has 0 aliphatic heterocycles. The van der Waals surface area contributed by atoms with E-state index in [0.29, 0.717) is 0 Å². The number of nitrogens with zero attached hydrogens (tertiary/aromatic N) is 1. The fourth-order valence-electron chi connectivity index (χ4n) is 1.15. The van der Waals surface area contributed by atoms with E-state index in [-0.39, 0.29) is 13.2 Å². The lowest BCUT2D eigenvalue weighted by molar-refractivity contribution is -0.385. The van der Waals surface area contributed by atoms with Gasteiger partial charge in [-0.05, 0) is 12.1 Å². The van der Waals surface area contributed by atoms with Crippen molar-refractivity contribution < 1.29 is 23.7 Å². The van der Waals surface area contributed by atoms with Crippen molar-refractivity contribution in [3.05, 3.63) is 39.7 Å². The number of hydrogen-bond donors (Lipinski definition) is 1. The molecule has 0 aromatic heterocycles. The molecule has 1 aromatic rings. The van der Waals surface area contributed by atoms with Crippen LogP contribution in [0.5, 0.6) is 0 Å². The summed E-state index contributed by atoms with van der Waals surface area (Å²) in [7, 11) is 1.45. The van der Waals surface area contributed by atoms with E-state index in [1.165, 1.54) is 7.11 Å². The quantitative estimate of drug-likeness (QED) is 0.467. The molecule has 7 nitrogen and oxygen atoms in total. The van der Waals surface area contributed by atoms with E-state index in [1.54, 1.807) is 0 Å². The molecule has 98 valence electrons. The highest BCUT2D eigenvalue weighted by Crippen LogP contribution is 2.19. The van der Waals surface area contributed by atoms with Crippen LogP contribution in [0.1, 0.15) is 10.4 Å². The zero-order chi connectivity index (χ0) is 13.5. The highest BCUT2D eigenvalue weighted by molar-refractivity contribution is 5.97. The lowest BCUT2D eigenvalue weighted by Gasteiger charge is -2.05. The summed E-state index contributed by atoms with van der Waals surface area (Å²) in [5, 5.41) is 10.7. The molecule has 0 atom stereocenters. The van der Waals surface area contributed by atoms with E-state index in [2.05, 4.69) is 4.74 Å². The molecule has 0 aliphatic rings. The Morgan fingerprint density at radius 2 is 2.22 bits per heavy atom. The van der Waals surface area contributed by atoms with E-state index in [9.17, 15) is 19.3 Å². The molecule has 0 saturated heterocycles. The first-order valence-corrected chi connectivity index (χ1v) is 4.91. The first-order chi connectivity index (χ1) is 8.56. The third-order valence-corrected chi connectivity index (χ3v) is 1.95. The largest absolute Gasteiger partial charge is 0.382 e. The van der Waals surface area contributed by atoms with E-state index in [1.807, 2.05) is 5.48 Å².